The Kier molecular flexibility index (Phi) is 7.17. The Morgan fingerprint density at radius 2 is 1.59 bits per heavy atom. The van der Waals surface area contributed by atoms with Gasteiger partial charge in [-0.1, -0.05) is 18.3 Å². The molecule has 4 aromatic heterocycles. The van der Waals surface area contributed by atoms with Gasteiger partial charge in [0.2, 0.25) is 0 Å². The molecule has 10 nitrogen and oxygen atoms in total. The van der Waals surface area contributed by atoms with Crippen LogP contribution in [0.1, 0.15) is 30.6 Å². The average Bonchev–Trinajstić information content (AvgIpc) is 3.77. The number of carbonyl (C=O) groups excluding carboxylic acids is 2. The van der Waals surface area contributed by atoms with Crippen LogP contribution in [-0.4, -0.2) is 39.5 Å². The lowest BCUT2D eigenvalue weighted by Gasteiger charge is -2.15. The zero-order valence-electron chi connectivity index (χ0n) is 22.1. The van der Waals surface area contributed by atoms with Crippen LogP contribution in [0, 0.1) is 0 Å². The van der Waals surface area contributed by atoms with Crippen molar-refractivity contribution in [3.8, 4) is 28.7 Å². The smallest absolute Gasteiger partial charge is 0.338 e. The zero-order valence-corrected chi connectivity index (χ0v) is 22.9. The topological polar surface area (TPSA) is 130 Å². The van der Waals surface area contributed by atoms with E-state index in [2.05, 4.69) is 10.3 Å². The van der Waals surface area contributed by atoms with Crippen molar-refractivity contribution in [1.29, 1.82) is 0 Å². The van der Waals surface area contributed by atoms with Crippen LogP contribution in [0.25, 0.3) is 44.2 Å². The maximum atomic E-state index is 13.1. The summed E-state index contributed by atoms with van der Waals surface area (Å²) in [5.41, 5.74) is 2.96. The molecule has 0 saturated carbocycles. The summed E-state index contributed by atoms with van der Waals surface area (Å²) in [4.78, 5) is 40.0. The van der Waals surface area contributed by atoms with Crippen LogP contribution in [0.15, 0.2) is 82.0 Å². The first-order valence-electron chi connectivity index (χ1n) is 13.0. The van der Waals surface area contributed by atoms with Crippen molar-refractivity contribution in [2.45, 2.75) is 26.4 Å². The number of esters is 1. The van der Waals surface area contributed by atoms with Gasteiger partial charge in [-0.25, -0.2) is 19.7 Å². The van der Waals surface area contributed by atoms with E-state index in [1.807, 2.05) is 25.1 Å². The first-order chi connectivity index (χ1) is 20.0. The van der Waals surface area contributed by atoms with E-state index >= 15 is 0 Å². The number of nitrogens with zero attached hydrogens (tertiary/aromatic N) is 3. The van der Waals surface area contributed by atoms with E-state index in [0.717, 1.165) is 16.0 Å². The van der Waals surface area contributed by atoms with Gasteiger partial charge >= 0.3 is 5.97 Å². The monoisotopic (exact) mass is 568 g/mol. The van der Waals surface area contributed by atoms with Crippen molar-refractivity contribution in [1.82, 2.24) is 15.0 Å². The maximum Gasteiger partial charge on any atom is 0.338 e. The van der Waals surface area contributed by atoms with E-state index in [0.29, 0.717) is 45.7 Å². The third kappa shape index (κ3) is 5.39. The largest absolute Gasteiger partial charge is 0.494 e. The molecule has 0 saturated heterocycles. The van der Waals surface area contributed by atoms with Crippen LogP contribution in [0.5, 0.6) is 5.75 Å². The van der Waals surface area contributed by atoms with Gasteiger partial charge in [-0.15, -0.1) is 0 Å². The van der Waals surface area contributed by atoms with Crippen LogP contribution in [0.2, 0.25) is 0 Å². The van der Waals surface area contributed by atoms with E-state index in [1.165, 1.54) is 11.3 Å². The fourth-order valence-corrected chi connectivity index (χ4v) is 5.17. The molecule has 2 aromatic carbocycles. The van der Waals surface area contributed by atoms with E-state index in [1.54, 1.807) is 61.9 Å². The molecule has 41 heavy (non-hydrogen) atoms. The van der Waals surface area contributed by atoms with Crippen molar-refractivity contribution in [2.75, 3.05) is 11.9 Å². The Labute approximate surface area is 238 Å². The third-order valence-corrected chi connectivity index (χ3v) is 7.16. The molecule has 206 valence electrons. The summed E-state index contributed by atoms with van der Waals surface area (Å²) >= 11 is 1.32. The Morgan fingerprint density at radius 3 is 2.24 bits per heavy atom. The van der Waals surface area contributed by atoms with Crippen LogP contribution < -0.4 is 10.1 Å². The van der Waals surface area contributed by atoms with Gasteiger partial charge in [0.1, 0.15) is 17.1 Å². The van der Waals surface area contributed by atoms with Crippen LogP contribution >= 0.6 is 11.3 Å². The number of thiazole rings is 1. The van der Waals surface area contributed by atoms with Crippen LogP contribution in [-0.2, 0) is 9.53 Å². The summed E-state index contributed by atoms with van der Waals surface area (Å²) in [6, 6.07) is 17.5. The first-order valence-corrected chi connectivity index (χ1v) is 13.8. The fraction of sp³-hybridized carbons (Fsp3) is 0.167. The second-order valence-corrected chi connectivity index (χ2v) is 9.98. The molecule has 0 aliphatic carbocycles. The SMILES string of the molecule is CCOc1ccc2nc(NC(=O)C(CC)OC(=O)c3ccc4nc(-c5ccco5)c(-c5ccco5)nc4c3)sc2c1. The minimum absolute atomic E-state index is 0.234. The predicted molar refractivity (Wildman–Crippen MR) is 154 cm³/mol. The van der Waals surface area contributed by atoms with Gasteiger partial charge in [0.15, 0.2) is 22.8 Å². The number of amides is 1. The van der Waals surface area contributed by atoms with Gasteiger partial charge in [-0.2, -0.15) is 0 Å². The predicted octanol–water partition coefficient (Wildman–Crippen LogP) is 6.73. The van der Waals surface area contributed by atoms with E-state index < -0.39 is 18.0 Å². The van der Waals surface area contributed by atoms with Gasteiger partial charge in [0.05, 0.1) is 45.9 Å². The number of anilines is 1. The number of hydrogen-bond donors (Lipinski definition) is 1. The van der Waals surface area contributed by atoms with Crippen LogP contribution in [0.4, 0.5) is 5.13 Å². The van der Waals surface area contributed by atoms with Gasteiger partial charge in [-0.3, -0.25) is 10.1 Å². The highest BCUT2D eigenvalue weighted by Crippen LogP contribution is 2.32. The molecule has 0 fully saturated rings. The number of furan rings is 2. The van der Waals surface area contributed by atoms with Crippen molar-refractivity contribution in [2.24, 2.45) is 0 Å². The van der Waals surface area contributed by atoms with Crippen molar-refractivity contribution >= 4 is 49.6 Å². The highest BCUT2D eigenvalue weighted by molar-refractivity contribution is 7.22. The maximum absolute atomic E-state index is 13.1. The van der Waals surface area contributed by atoms with E-state index in [4.69, 9.17) is 28.3 Å². The molecule has 6 aromatic rings. The fourth-order valence-electron chi connectivity index (χ4n) is 4.27. The second kappa shape index (κ2) is 11.2. The number of ether oxygens (including phenoxy) is 2. The van der Waals surface area contributed by atoms with Crippen LogP contribution in [0.3, 0.4) is 0 Å². The molecule has 1 N–H and O–H groups in total. The number of nitrogens with one attached hydrogen (secondary N) is 1. The number of hydrogen-bond acceptors (Lipinski definition) is 10. The molecule has 0 radical (unpaired) electrons. The minimum Gasteiger partial charge on any atom is -0.494 e. The zero-order chi connectivity index (χ0) is 28.3. The Hall–Kier alpha value is -5.03. The molecule has 4 heterocycles. The summed E-state index contributed by atoms with van der Waals surface area (Å²) in [5, 5.41) is 3.18. The lowest BCUT2D eigenvalue weighted by molar-refractivity contribution is -0.124. The van der Waals surface area contributed by atoms with Crippen molar-refractivity contribution in [3.63, 3.8) is 0 Å². The Balaban J connectivity index is 1.22. The molecule has 0 aliphatic rings. The summed E-state index contributed by atoms with van der Waals surface area (Å²) in [5.74, 6) is 0.652. The molecule has 1 amide bonds. The van der Waals surface area contributed by atoms with Gasteiger partial charge in [0, 0.05) is 0 Å². The Morgan fingerprint density at radius 1 is 0.878 bits per heavy atom. The summed E-state index contributed by atoms with van der Waals surface area (Å²) in [6.45, 7) is 4.23. The Bertz CT molecular complexity index is 1850. The van der Waals surface area contributed by atoms with Gasteiger partial charge in [-0.05, 0) is 74.0 Å². The number of carbonyl (C=O) groups is 2. The minimum atomic E-state index is -1.02. The van der Waals surface area contributed by atoms with E-state index in [9.17, 15) is 9.59 Å². The highest BCUT2D eigenvalue weighted by atomic mass is 32.1. The molecule has 0 bridgehead atoms. The molecule has 0 spiro atoms. The second-order valence-electron chi connectivity index (χ2n) is 8.95. The molecule has 11 heteroatoms. The third-order valence-electron chi connectivity index (χ3n) is 6.22. The summed E-state index contributed by atoms with van der Waals surface area (Å²) in [6.07, 6.45) is 2.36. The lowest BCUT2D eigenvalue weighted by Crippen LogP contribution is -2.32. The highest BCUT2D eigenvalue weighted by Gasteiger charge is 2.24. The number of fused-ring (bicyclic) bond motifs is 2. The molecule has 1 unspecified atom stereocenters. The molecule has 0 aliphatic heterocycles. The first kappa shape index (κ1) is 26.2. The number of rotatable bonds is 9. The molecule has 1 atom stereocenters. The quantitative estimate of drug-likeness (QED) is 0.189. The lowest BCUT2D eigenvalue weighted by atomic mass is 10.1. The molecular weight excluding hydrogens is 544 g/mol. The van der Waals surface area contributed by atoms with Gasteiger partial charge in [0.25, 0.3) is 5.91 Å². The van der Waals surface area contributed by atoms with Crippen molar-refractivity contribution < 1.29 is 27.9 Å². The standard InChI is InChI=1S/C30H24N4O6S/c1-3-22(28(35)34-30-33-20-12-10-18(37-4-2)16-25(20)41-30)40-29(36)17-9-11-19-21(15-17)32-27(24-8-6-14-39-24)26(31-19)23-7-5-13-38-23/h5-16,22H,3-4H2,1-2H3,(H,33,34,35). The summed E-state index contributed by atoms with van der Waals surface area (Å²) < 4.78 is 23.1. The number of benzene rings is 2. The average molecular weight is 569 g/mol. The molecular formula is C30H24N4O6S. The van der Waals surface area contributed by atoms with E-state index in [-0.39, 0.29) is 12.0 Å². The number of aromatic nitrogens is 3. The summed E-state index contributed by atoms with van der Waals surface area (Å²) in [7, 11) is 0. The van der Waals surface area contributed by atoms with Gasteiger partial charge < -0.3 is 18.3 Å². The normalized spacial score (nSPS) is 12.0. The van der Waals surface area contributed by atoms with Crippen molar-refractivity contribution in [3.05, 3.63) is 78.8 Å². The molecule has 6 rings (SSSR count).